The zero-order chi connectivity index (χ0) is 45.7. The molecule has 5 aromatic rings. The van der Waals surface area contributed by atoms with Gasteiger partial charge in [-0.1, -0.05) is 207 Å². The van der Waals surface area contributed by atoms with Crippen LogP contribution in [0.4, 0.5) is 17.1 Å². The molecule has 0 atom stereocenters. The normalized spacial score (nSPS) is 12.8. The lowest BCUT2D eigenvalue weighted by Gasteiger charge is -2.35. The highest BCUT2D eigenvalue weighted by Gasteiger charge is 2.29. The van der Waals surface area contributed by atoms with Gasteiger partial charge >= 0.3 is 0 Å². The van der Waals surface area contributed by atoms with Crippen LogP contribution in [0.3, 0.4) is 0 Å². The second kappa shape index (κ2) is 23.6. The van der Waals surface area contributed by atoms with Gasteiger partial charge in [-0.25, -0.2) is 0 Å². The first-order chi connectivity index (χ1) is 30.8. The van der Waals surface area contributed by atoms with Crippen molar-refractivity contribution >= 4 is 28.8 Å². The Balaban J connectivity index is 1.58. The van der Waals surface area contributed by atoms with E-state index in [-0.39, 0.29) is 10.8 Å². The molecule has 0 spiro atoms. The van der Waals surface area contributed by atoms with E-state index in [0.29, 0.717) is 0 Å². The zero-order valence-electron chi connectivity index (χ0n) is 42.2. The molecule has 0 amide bonds. The SMILES string of the molecule is CCCCCCc1cc(CCCCCC)cc(-c2cc(-c3cc(CCCCCC)cc(CCCCCC)c3)cc(N3c4ccc(C(C)(C)C)cc4Sc4cc(C(C)(C)C)ccc43)c2)c1. The van der Waals surface area contributed by atoms with Crippen molar-refractivity contribution in [1.82, 2.24) is 0 Å². The van der Waals surface area contributed by atoms with Crippen molar-refractivity contribution in [3.8, 4) is 22.3 Å². The Morgan fingerprint density at radius 1 is 0.359 bits per heavy atom. The molecule has 0 N–H and O–H groups in total. The molecule has 6 rings (SSSR count). The molecule has 64 heavy (non-hydrogen) atoms. The predicted octanol–water partition coefficient (Wildman–Crippen LogP) is 20.0. The monoisotopic (exact) mass is 876 g/mol. The molecule has 2 heteroatoms. The molecular weight excluding hydrogens is 791 g/mol. The number of rotatable bonds is 23. The van der Waals surface area contributed by atoms with E-state index in [1.165, 1.54) is 185 Å². The molecule has 0 bridgehead atoms. The summed E-state index contributed by atoms with van der Waals surface area (Å²) in [5, 5.41) is 0. The Morgan fingerprint density at radius 3 is 1.00 bits per heavy atom. The molecule has 1 aliphatic rings. The van der Waals surface area contributed by atoms with Crippen molar-refractivity contribution < 1.29 is 0 Å². The summed E-state index contributed by atoms with van der Waals surface area (Å²) in [7, 11) is 0. The van der Waals surface area contributed by atoms with Gasteiger partial charge in [0.1, 0.15) is 0 Å². The van der Waals surface area contributed by atoms with Gasteiger partial charge in [-0.2, -0.15) is 0 Å². The standard InChI is InChI=1S/C62H85NS/c1-11-15-19-23-27-46-35-47(28-24-20-16-12-2)38-50(37-46)52-41-53(51-39-48(29-25-21-17-13-3)36-49(40-51)30-26-22-18-14-4)43-56(42-52)63-57-33-31-54(61(5,6)7)44-59(57)64-60-45-55(62(8,9)10)32-34-58(60)63/h31-45H,11-30H2,1-10H3. The third kappa shape index (κ3) is 13.7. The fraction of sp³-hybridized carbons (Fsp3) is 0.516. The van der Waals surface area contributed by atoms with E-state index < -0.39 is 0 Å². The van der Waals surface area contributed by atoms with Crippen molar-refractivity contribution in [2.24, 2.45) is 0 Å². The van der Waals surface area contributed by atoms with Crippen LogP contribution in [0, 0.1) is 0 Å². The average Bonchev–Trinajstić information content (AvgIpc) is 3.27. The molecule has 344 valence electrons. The molecule has 0 fully saturated rings. The number of anilines is 3. The van der Waals surface area contributed by atoms with Crippen LogP contribution in [-0.4, -0.2) is 0 Å². The maximum absolute atomic E-state index is 2.60. The summed E-state index contributed by atoms with van der Waals surface area (Å²) >= 11 is 1.95. The van der Waals surface area contributed by atoms with E-state index in [0.717, 1.165) is 25.7 Å². The third-order valence-electron chi connectivity index (χ3n) is 13.6. The molecule has 1 aliphatic heterocycles. The Bertz CT molecular complexity index is 2030. The van der Waals surface area contributed by atoms with E-state index in [9.17, 15) is 0 Å². The second-order valence-corrected chi connectivity index (χ2v) is 22.5. The summed E-state index contributed by atoms with van der Waals surface area (Å²) in [6.07, 6.45) is 25.2. The lowest BCUT2D eigenvalue weighted by molar-refractivity contribution is 0.588. The van der Waals surface area contributed by atoms with E-state index in [1.807, 2.05) is 11.8 Å². The van der Waals surface area contributed by atoms with E-state index >= 15 is 0 Å². The van der Waals surface area contributed by atoms with Crippen LogP contribution >= 0.6 is 11.8 Å². The maximum atomic E-state index is 2.60. The van der Waals surface area contributed by atoms with Crippen molar-refractivity contribution in [2.45, 2.75) is 218 Å². The van der Waals surface area contributed by atoms with Gasteiger partial charge in [0.2, 0.25) is 0 Å². The smallest absolute Gasteiger partial charge is 0.0601 e. The van der Waals surface area contributed by atoms with Gasteiger partial charge in [-0.15, -0.1) is 0 Å². The van der Waals surface area contributed by atoms with Crippen molar-refractivity contribution in [2.75, 3.05) is 4.90 Å². The number of benzene rings is 5. The highest BCUT2D eigenvalue weighted by Crippen LogP contribution is 2.54. The number of unbranched alkanes of at least 4 members (excludes halogenated alkanes) is 12. The largest absolute Gasteiger partial charge is 0.308 e. The number of hydrogen-bond acceptors (Lipinski definition) is 2. The molecule has 0 saturated heterocycles. The Kier molecular flexibility index (Phi) is 18.3. The van der Waals surface area contributed by atoms with Crippen LogP contribution in [0.2, 0.25) is 0 Å². The minimum Gasteiger partial charge on any atom is -0.308 e. The van der Waals surface area contributed by atoms with Crippen molar-refractivity contribution in [3.63, 3.8) is 0 Å². The van der Waals surface area contributed by atoms with Crippen LogP contribution in [0.25, 0.3) is 22.3 Å². The van der Waals surface area contributed by atoms with Gasteiger partial charge in [0.15, 0.2) is 0 Å². The molecular formula is C62H85NS. The molecule has 5 aromatic carbocycles. The minimum absolute atomic E-state index is 0.0621. The number of aryl methyl sites for hydroxylation is 4. The van der Waals surface area contributed by atoms with Gasteiger partial charge in [0, 0.05) is 15.5 Å². The van der Waals surface area contributed by atoms with Gasteiger partial charge in [0.05, 0.1) is 11.4 Å². The first-order valence-corrected chi connectivity index (χ1v) is 26.8. The topological polar surface area (TPSA) is 3.24 Å². The third-order valence-corrected chi connectivity index (χ3v) is 14.7. The van der Waals surface area contributed by atoms with E-state index in [2.05, 4.69) is 165 Å². The quantitative estimate of drug-likeness (QED) is 0.0590. The summed E-state index contributed by atoms with van der Waals surface area (Å²) < 4.78 is 0. The van der Waals surface area contributed by atoms with Crippen LogP contribution < -0.4 is 4.90 Å². The molecule has 0 saturated carbocycles. The highest BCUT2D eigenvalue weighted by molar-refractivity contribution is 7.99. The van der Waals surface area contributed by atoms with Gasteiger partial charge in [-0.05, 0) is 160 Å². The first-order valence-electron chi connectivity index (χ1n) is 26.0. The predicted molar refractivity (Wildman–Crippen MR) is 285 cm³/mol. The molecule has 0 unspecified atom stereocenters. The van der Waals surface area contributed by atoms with Crippen molar-refractivity contribution in [3.05, 3.63) is 124 Å². The Labute approximate surface area is 396 Å². The highest BCUT2D eigenvalue weighted by atomic mass is 32.2. The molecule has 0 radical (unpaired) electrons. The summed E-state index contributed by atoms with van der Waals surface area (Å²) in [4.78, 5) is 5.28. The number of nitrogens with zero attached hydrogens (tertiary/aromatic N) is 1. The zero-order valence-corrected chi connectivity index (χ0v) is 43.0. The minimum atomic E-state index is 0.0621. The lowest BCUT2D eigenvalue weighted by atomic mass is 9.86. The Hall–Kier alpha value is -3.75. The summed E-state index contributed by atoms with van der Waals surface area (Å²) in [6, 6.07) is 37.4. The van der Waals surface area contributed by atoms with Crippen molar-refractivity contribution in [1.29, 1.82) is 0 Å². The summed E-state index contributed by atoms with van der Waals surface area (Å²) in [5.41, 5.74) is 18.1. The fourth-order valence-electron chi connectivity index (χ4n) is 9.55. The Morgan fingerprint density at radius 2 is 0.688 bits per heavy atom. The molecule has 0 aliphatic carbocycles. The fourth-order valence-corrected chi connectivity index (χ4v) is 10.7. The van der Waals surface area contributed by atoms with Gasteiger partial charge < -0.3 is 4.90 Å². The maximum Gasteiger partial charge on any atom is 0.0601 e. The first kappa shape index (κ1) is 49.7. The van der Waals surface area contributed by atoms with Crippen LogP contribution in [0.5, 0.6) is 0 Å². The molecule has 1 nitrogen and oxygen atoms in total. The van der Waals surface area contributed by atoms with Crippen LogP contribution in [-0.2, 0) is 36.5 Å². The van der Waals surface area contributed by atoms with E-state index in [1.54, 1.807) is 0 Å². The van der Waals surface area contributed by atoms with Gasteiger partial charge in [-0.3, -0.25) is 0 Å². The lowest BCUT2D eigenvalue weighted by Crippen LogP contribution is -2.18. The van der Waals surface area contributed by atoms with Crippen LogP contribution in [0.1, 0.15) is 205 Å². The number of hydrogen-bond donors (Lipinski definition) is 0. The molecule has 0 aromatic heterocycles. The number of fused-ring (bicyclic) bond motifs is 2. The summed E-state index contributed by atoms with van der Waals surface area (Å²) in [6.45, 7) is 23.3. The molecule has 1 heterocycles. The van der Waals surface area contributed by atoms with E-state index in [4.69, 9.17) is 0 Å². The summed E-state index contributed by atoms with van der Waals surface area (Å²) in [5.74, 6) is 0. The second-order valence-electron chi connectivity index (χ2n) is 21.4. The average molecular weight is 876 g/mol. The van der Waals surface area contributed by atoms with Crippen LogP contribution in [0.15, 0.2) is 101 Å². The van der Waals surface area contributed by atoms with Gasteiger partial charge in [0.25, 0.3) is 0 Å².